The monoisotopic (exact) mass is 563 g/mol. The van der Waals surface area contributed by atoms with E-state index < -0.39 is 51.6 Å². The second kappa shape index (κ2) is 11.7. The third kappa shape index (κ3) is 7.78. The van der Waals surface area contributed by atoms with E-state index in [0.29, 0.717) is 15.9 Å². The van der Waals surface area contributed by atoms with Crippen LogP contribution in [0.25, 0.3) is 0 Å². The van der Waals surface area contributed by atoms with Gasteiger partial charge in [0.1, 0.15) is 12.6 Å². The molecule has 12 heteroatoms. The van der Waals surface area contributed by atoms with E-state index in [1.807, 2.05) is 0 Å². The Kier molecular flexibility index (Phi) is 9.72. The summed E-state index contributed by atoms with van der Waals surface area (Å²) in [6, 6.07) is 6.26. The molecule has 1 N–H and O–H groups in total. The summed E-state index contributed by atoms with van der Waals surface area (Å²) in [6.07, 6.45) is 1.03. The molecule has 0 aliphatic rings. The van der Waals surface area contributed by atoms with Crippen LogP contribution in [-0.2, 0) is 26.2 Å². The molecule has 0 saturated heterocycles. The van der Waals surface area contributed by atoms with Gasteiger partial charge in [-0.25, -0.2) is 17.2 Å². The molecule has 2 aromatic carbocycles. The number of benzene rings is 2. The van der Waals surface area contributed by atoms with Crippen molar-refractivity contribution in [1.29, 1.82) is 0 Å². The molecule has 0 bridgehead atoms. The zero-order chi connectivity index (χ0) is 27.4. The van der Waals surface area contributed by atoms with Crippen molar-refractivity contribution >= 4 is 50.7 Å². The number of nitrogens with zero attached hydrogens (tertiary/aromatic N) is 2. The van der Waals surface area contributed by atoms with Gasteiger partial charge < -0.3 is 10.2 Å². The van der Waals surface area contributed by atoms with Crippen molar-refractivity contribution < 1.29 is 26.8 Å². The quantitative estimate of drug-likeness (QED) is 0.476. The van der Waals surface area contributed by atoms with Gasteiger partial charge in [-0.15, -0.1) is 0 Å². The van der Waals surface area contributed by atoms with Gasteiger partial charge >= 0.3 is 0 Å². The molecule has 0 aliphatic heterocycles. The molecule has 2 aromatic rings. The van der Waals surface area contributed by atoms with Gasteiger partial charge in [-0.3, -0.25) is 13.9 Å². The number of hydrogen-bond acceptors (Lipinski definition) is 4. The highest BCUT2D eigenvalue weighted by atomic mass is 35.5. The van der Waals surface area contributed by atoms with E-state index in [0.717, 1.165) is 18.4 Å². The smallest absolute Gasteiger partial charge is 0.244 e. The van der Waals surface area contributed by atoms with Crippen LogP contribution in [0, 0.1) is 11.6 Å². The van der Waals surface area contributed by atoms with Crippen LogP contribution in [0.2, 0.25) is 10.0 Å². The number of hydrogen-bond donors (Lipinski definition) is 1. The maximum absolute atomic E-state index is 13.9. The average Bonchev–Trinajstić information content (AvgIpc) is 2.73. The van der Waals surface area contributed by atoms with Crippen LogP contribution in [0.5, 0.6) is 0 Å². The van der Waals surface area contributed by atoms with Crippen molar-refractivity contribution in [3.8, 4) is 0 Å². The highest BCUT2D eigenvalue weighted by Crippen LogP contribution is 2.28. The van der Waals surface area contributed by atoms with E-state index in [9.17, 15) is 26.8 Å². The molecule has 2 amide bonds. The number of carbonyl (C=O) groups is 2. The van der Waals surface area contributed by atoms with Crippen molar-refractivity contribution in [1.82, 2.24) is 10.2 Å². The van der Waals surface area contributed by atoms with Gasteiger partial charge in [0.05, 0.1) is 11.9 Å². The van der Waals surface area contributed by atoms with Crippen molar-refractivity contribution in [2.45, 2.75) is 52.2 Å². The summed E-state index contributed by atoms with van der Waals surface area (Å²) < 4.78 is 53.0. The van der Waals surface area contributed by atoms with Crippen LogP contribution in [0.1, 0.15) is 39.7 Å². The zero-order valence-corrected chi connectivity index (χ0v) is 22.9. The van der Waals surface area contributed by atoms with E-state index in [1.54, 1.807) is 45.9 Å². The highest BCUT2D eigenvalue weighted by molar-refractivity contribution is 7.92. The fraction of sp³-hybridized carbons (Fsp3) is 0.417. The average molecular weight is 564 g/mol. The summed E-state index contributed by atoms with van der Waals surface area (Å²) in [4.78, 5) is 27.9. The molecule has 2 rings (SSSR count). The Morgan fingerprint density at radius 3 is 2.11 bits per heavy atom. The Morgan fingerprint density at radius 1 is 1.06 bits per heavy atom. The largest absolute Gasteiger partial charge is 0.350 e. The molecule has 0 heterocycles. The lowest BCUT2D eigenvalue weighted by molar-refractivity contribution is -0.141. The summed E-state index contributed by atoms with van der Waals surface area (Å²) in [7, 11) is -4.10. The molecule has 0 fully saturated rings. The third-order valence-corrected chi connectivity index (χ3v) is 6.99. The van der Waals surface area contributed by atoms with Crippen molar-refractivity contribution in [2.75, 3.05) is 17.1 Å². The zero-order valence-electron chi connectivity index (χ0n) is 20.6. The first-order valence-electron chi connectivity index (χ1n) is 11.0. The number of sulfonamides is 1. The molecule has 7 nitrogen and oxygen atoms in total. The Bertz CT molecular complexity index is 1220. The Morgan fingerprint density at radius 2 is 1.64 bits per heavy atom. The molecule has 198 valence electrons. The molecule has 0 aliphatic carbocycles. The minimum atomic E-state index is -4.10. The summed E-state index contributed by atoms with van der Waals surface area (Å²) >= 11 is 12.6. The molecule has 0 saturated carbocycles. The van der Waals surface area contributed by atoms with E-state index in [-0.39, 0.29) is 28.7 Å². The first-order valence-corrected chi connectivity index (χ1v) is 13.6. The van der Waals surface area contributed by atoms with Crippen LogP contribution in [0.15, 0.2) is 36.4 Å². The molecular formula is C24H29Cl2F2N3O4S. The number of anilines is 1. The standard InChI is InChI=1S/C24H29Cl2F2N3O4S/c1-6-21(23(33)29-24(2,3)4)30(13-16-17(25)8-7-9-18(16)26)22(32)14-31(36(5,34)35)15-10-11-19(27)20(28)12-15/h7-12,21H,6,13-14H2,1-5H3,(H,29,33). The number of nitrogens with one attached hydrogen (secondary N) is 1. The van der Waals surface area contributed by atoms with Crippen LogP contribution < -0.4 is 9.62 Å². The van der Waals surface area contributed by atoms with Crippen molar-refractivity contribution in [3.63, 3.8) is 0 Å². The SMILES string of the molecule is CCC(C(=O)NC(C)(C)C)N(Cc1c(Cl)cccc1Cl)C(=O)CN(c1ccc(F)c(F)c1)S(C)(=O)=O. The molecule has 0 radical (unpaired) electrons. The van der Waals surface area contributed by atoms with Crippen LogP contribution in [-0.4, -0.2) is 49.5 Å². The third-order valence-electron chi connectivity index (χ3n) is 5.14. The van der Waals surface area contributed by atoms with Gasteiger partial charge in [-0.05, 0) is 51.5 Å². The second-order valence-corrected chi connectivity index (χ2v) is 12.0. The first-order chi connectivity index (χ1) is 16.5. The maximum Gasteiger partial charge on any atom is 0.244 e. The lowest BCUT2D eigenvalue weighted by atomic mass is 10.1. The van der Waals surface area contributed by atoms with Crippen LogP contribution in [0.3, 0.4) is 0 Å². The minimum Gasteiger partial charge on any atom is -0.350 e. The van der Waals surface area contributed by atoms with Crippen molar-refractivity contribution in [2.24, 2.45) is 0 Å². The van der Waals surface area contributed by atoms with Gasteiger partial charge in [0.2, 0.25) is 21.8 Å². The predicted molar refractivity (Wildman–Crippen MR) is 138 cm³/mol. The predicted octanol–water partition coefficient (Wildman–Crippen LogP) is 4.76. The van der Waals surface area contributed by atoms with Gasteiger partial charge in [0, 0.05) is 33.8 Å². The number of carbonyl (C=O) groups excluding carboxylic acids is 2. The van der Waals surface area contributed by atoms with Crippen LogP contribution in [0.4, 0.5) is 14.5 Å². The fourth-order valence-electron chi connectivity index (χ4n) is 3.48. The van der Waals surface area contributed by atoms with Gasteiger partial charge in [-0.1, -0.05) is 36.2 Å². The fourth-order valence-corrected chi connectivity index (χ4v) is 4.84. The lowest BCUT2D eigenvalue weighted by Gasteiger charge is -2.34. The van der Waals surface area contributed by atoms with E-state index in [4.69, 9.17) is 23.2 Å². The summed E-state index contributed by atoms with van der Waals surface area (Å²) in [5.41, 5.74) is -0.478. The molecule has 1 atom stereocenters. The van der Waals surface area contributed by atoms with E-state index in [1.165, 1.54) is 4.90 Å². The number of rotatable bonds is 9. The van der Waals surface area contributed by atoms with Crippen LogP contribution >= 0.6 is 23.2 Å². The number of amides is 2. The lowest BCUT2D eigenvalue weighted by Crippen LogP contribution is -2.55. The Hall–Kier alpha value is -2.43. The summed E-state index contributed by atoms with van der Waals surface area (Å²) in [6.45, 7) is 6.08. The van der Waals surface area contributed by atoms with E-state index in [2.05, 4.69) is 5.32 Å². The number of halogens is 4. The van der Waals surface area contributed by atoms with Crippen molar-refractivity contribution in [3.05, 3.63) is 63.6 Å². The molecule has 0 spiro atoms. The van der Waals surface area contributed by atoms with Gasteiger partial charge in [0.25, 0.3) is 0 Å². The Labute approximate surface area is 220 Å². The topological polar surface area (TPSA) is 86.8 Å². The maximum atomic E-state index is 13.9. The molecule has 0 aromatic heterocycles. The normalized spacial score (nSPS) is 12.7. The summed E-state index contributed by atoms with van der Waals surface area (Å²) in [5.74, 6) is -3.67. The molecule has 1 unspecified atom stereocenters. The molecular weight excluding hydrogens is 535 g/mol. The van der Waals surface area contributed by atoms with Gasteiger partial charge in [-0.2, -0.15) is 0 Å². The summed E-state index contributed by atoms with van der Waals surface area (Å²) in [5, 5.41) is 3.34. The minimum absolute atomic E-state index is 0.192. The molecule has 36 heavy (non-hydrogen) atoms. The first kappa shape index (κ1) is 29.8. The van der Waals surface area contributed by atoms with E-state index >= 15 is 0 Å². The Balaban J connectivity index is 2.54. The highest BCUT2D eigenvalue weighted by Gasteiger charge is 2.34. The second-order valence-electron chi connectivity index (χ2n) is 9.25. The van der Waals surface area contributed by atoms with Gasteiger partial charge in [0.15, 0.2) is 11.6 Å².